The Balaban J connectivity index is 2.67. The maximum Gasteiger partial charge on any atom is 0.238 e. The van der Waals surface area contributed by atoms with E-state index in [9.17, 15) is 15.0 Å². The van der Waals surface area contributed by atoms with E-state index >= 15 is 0 Å². The largest absolute Gasteiger partial charge is 0.506 e. The van der Waals surface area contributed by atoms with Gasteiger partial charge < -0.3 is 19.0 Å². The molecule has 0 fully saturated rings. The molecular formula is C12H8O5. The zero-order valence-electron chi connectivity index (χ0n) is 8.85. The van der Waals surface area contributed by atoms with Crippen LogP contribution >= 0.6 is 0 Å². The molecule has 17 heavy (non-hydrogen) atoms. The van der Waals surface area contributed by atoms with Gasteiger partial charge in [-0.3, -0.25) is 4.79 Å². The van der Waals surface area contributed by atoms with Gasteiger partial charge in [-0.1, -0.05) is 0 Å². The van der Waals surface area contributed by atoms with E-state index in [4.69, 9.17) is 8.83 Å². The van der Waals surface area contributed by atoms with Crippen LogP contribution in [0.25, 0.3) is 21.9 Å². The van der Waals surface area contributed by atoms with Crippen molar-refractivity contribution < 1.29 is 19.0 Å². The molecule has 86 valence electrons. The van der Waals surface area contributed by atoms with Crippen molar-refractivity contribution in [3.8, 4) is 11.5 Å². The standard InChI is InChI=1S/C12H8O5/c1-5-10(13)12(15)9-8(17-5)4-7-6(11(9)14)2-3-16-7/h2-4,13-14H,1H3. The van der Waals surface area contributed by atoms with Gasteiger partial charge in [-0.2, -0.15) is 0 Å². The molecule has 0 bridgehead atoms. The number of benzene rings is 1. The van der Waals surface area contributed by atoms with Crippen LogP contribution in [0, 0.1) is 6.92 Å². The highest BCUT2D eigenvalue weighted by molar-refractivity contribution is 6.01. The van der Waals surface area contributed by atoms with Crippen molar-refractivity contribution in [3.63, 3.8) is 0 Å². The minimum atomic E-state index is -0.649. The van der Waals surface area contributed by atoms with Gasteiger partial charge in [0.1, 0.15) is 28.1 Å². The van der Waals surface area contributed by atoms with E-state index in [-0.39, 0.29) is 22.5 Å². The first-order valence-corrected chi connectivity index (χ1v) is 4.95. The summed E-state index contributed by atoms with van der Waals surface area (Å²) in [5.74, 6) is -0.626. The van der Waals surface area contributed by atoms with Crippen LogP contribution in [-0.4, -0.2) is 10.2 Å². The Morgan fingerprint density at radius 3 is 2.71 bits per heavy atom. The van der Waals surface area contributed by atoms with E-state index in [1.807, 2.05) is 0 Å². The normalized spacial score (nSPS) is 11.4. The van der Waals surface area contributed by atoms with E-state index in [2.05, 4.69) is 0 Å². The fourth-order valence-electron chi connectivity index (χ4n) is 1.86. The molecule has 1 aromatic carbocycles. The monoisotopic (exact) mass is 232 g/mol. The second-order valence-corrected chi connectivity index (χ2v) is 3.77. The van der Waals surface area contributed by atoms with Crippen LogP contribution in [0.5, 0.6) is 11.5 Å². The van der Waals surface area contributed by atoms with E-state index in [1.165, 1.54) is 19.3 Å². The molecule has 0 spiro atoms. The third-order valence-corrected chi connectivity index (χ3v) is 2.73. The summed E-state index contributed by atoms with van der Waals surface area (Å²) in [4.78, 5) is 11.8. The van der Waals surface area contributed by atoms with Crippen molar-refractivity contribution in [3.05, 3.63) is 34.4 Å². The number of phenols is 1. The van der Waals surface area contributed by atoms with Crippen molar-refractivity contribution >= 4 is 21.9 Å². The maximum absolute atomic E-state index is 11.8. The fraction of sp³-hybridized carbons (Fsp3) is 0.0833. The molecule has 3 rings (SSSR count). The molecule has 0 unspecified atom stereocenters. The summed E-state index contributed by atoms with van der Waals surface area (Å²) in [7, 11) is 0. The lowest BCUT2D eigenvalue weighted by molar-refractivity contribution is 0.425. The Hall–Kier alpha value is -2.43. The van der Waals surface area contributed by atoms with E-state index < -0.39 is 11.2 Å². The number of aryl methyl sites for hydroxylation is 1. The first-order chi connectivity index (χ1) is 8.09. The number of hydrogen-bond acceptors (Lipinski definition) is 5. The summed E-state index contributed by atoms with van der Waals surface area (Å²) < 4.78 is 10.4. The molecule has 2 heterocycles. The first kappa shape index (κ1) is 9.77. The second-order valence-electron chi connectivity index (χ2n) is 3.77. The molecule has 0 saturated heterocycles. The summed E-state index contributed by atoms with van der Waals surface area (Å²) >= 11 is 0. The van der Waals surface area contributed by atoms with Crippen molar-refractivity contribution in [1.29, 1.82) is 0 Å². The van der Waals surface area contributed by atoms with Crippen LogP contribution in [-0.2, 0) is 0 Å². The number of aromatic hydroxyl groups is 2. The highest BCUT2D eigenvalue weighted by Gasteiger charge is 2.17. The Morgan fingerprint density at radius 1 is 1.18 bits per heavy atom. The lowest BCUT2D eigenvalue weighted by Crippen LogP contribution is -2.02. The van der Waals surface area contributed by atoms with Crippen molar-refractivity contribution in [2.45, 2.75) is 6.92 Å². The average Bonchev–Trinajstić information content (AvgIpc) is 2.74. The zero-order valence-corrected chi connectivity index (χ0v) is 8.85. The van der Waals surface area contributed by atoms with Crippen molar-refractivity contribution in [2.24, 2.45) is 0 Å². The van der Waals surface area contributed by atoms with Gasteiger partial charge in [0, 0.05) is 6.07 Å². The van der Waals surface area contributed by atoms with Crippen LogP contribution < -0.4 is 5.43 Å². The van der Waals surface area contributed by atoms with Gasteiger partial charge in [0.05, 0.1) is 11.6 Å². The zero-order chi connectivity index (χ0) is 12.2. The summed E-state index contributed by atoms with van der Waals surface area (Å²) in [6.07, 6.45) is 1.40. The van der Waals surface area contributed by atoms with E-state index in [0.717, 1.165) is 0 Å². The van der Waals surface area contributed by atoms with Crippen LogP contribution in [0.2, 0.25) is 0 Å². The van der Waals surface area contributed by atoms with Gasteiger partial charge >= 0.3 is 0 Å². The predicted octanol–water partition coefficient (Wildman–Crippen LogP) is 2.26. The summed E-state index contributed by atoms with van der Waals surface area (Å²) in [6, 6.07) is 3.05. The third-order valence-electron chi connectivity index (χ3n) is 2.73. The highest BCUT2D eigenvalue weighted by Crippen LogP contribution is 2.34. The fourth-order valence-corrected chi connectivity index (χ4v) is 1.86. The van der Waals surface area contributed by atoms with Gasteiger partial charge in [-0.25, -0.2) is 0 Å². The van der Waals surface area contributed by atoms with Crippen molar-refractivity contribution in [1.82, 2.24) is 0 Å². The summed E-state index contributed by atoms with van der Waals surface area (Å²) in [5.41, 5.74) is -0.0437. The molecule has 2 N–H and O–H groups in total. The van der Waals surface area contributed by atoms with Crippen LogP contribution in [0.3, 0.4) is 0 Å². The van der Waals surface area contributed by atoms with E-state index in [0.29, 0.717) is 11.0 Å². The predicted molar refractivity (Wildman–Crippen MR) is 60.3 cm³/mol. The Bertz CT molecular complexity index is 794. The molecule has 0 aliphatic carbocycles. The number of rotatable bonds is 0. The molecule has 0 atom stereocenters. The quantitative estimate of drug-likeness (QED) is 0.621. The van der Waals surface area contributed by atoms with Crippen LogP contribution in [0.4, 0.5) is 0 Å². The molecular weight excluding hydrogens is 224 g/mol. The third kappa shape index (κ3) is 1.16. The Morgan fingerprint density at radius 2 is 1.94 bits per heavy atom. The molecule has 2 aromatic heterocycles. The van der Waals surface area contributed by atoms with E-state index in [1.54, 1.807) is 6.07 Å². The molecule has 0 saturated carbocycles. The number of hydrogen-bond donors (Lipinski definition) is 2. The average molecular weight is 232 g/mol. The molecule has 5 nitrogen and oxygen atoms in total. The Labute approximate surface area is 94.5 Å². The SMILES string of the molecule is Cc1oc2cc3occc3c(O)c2c(=O)c1O. The van der Waals surface area contributed by atoms with Gasteiger partial charge in [0.25, 0.3) is 0 Å². The summed E-state index contributed by atoms with van der Waals surface area (Å²) in [5, 5.41) is 19.8. The minimum Gasteiger partial charge on any atom is -0.506 e. The van der Waals surface area contributed by atoms with Crippen LogP contribution in [0.1, 0.15) is 5.76 Å². The smallest absolute Gasteiger partial charge is 0.238 e. The van der Waals surface area contributed by atoms with Gasteiger partial charge in [-0.05, 0) is 13.0 Å². The minimum absolute atomic E-state index is 0.0398. The van der Waals surface area contributed by atoms with Crippen molar-refractivity contribution in [2.75, 3.05) is 0 Å². The lowest BCUT2D eigenvalue weighted by atomic mass is 10.1. The molecule has 0 amide bonds. The molecule has 0 aliphatic heterocycles. The molecule has 0 radical (unpaired) electrons. The van der Waals surface area contributed by atoms with Crippen LogP contribution in [0.15, 0.2) is 32.0 Å². The highest BCUT2D eigenvalue weighted by atomic mass is 16.4. The first-order valence-electron chi connectivity index (χ1n) is 4.95. The number of fused-ring (bicyclic) bond motifs is 2. The lowest BCUT2D eigenvalue weighted by Gasteiger charge is -2.03. The molecule has 3 aromatic rings. The van der Waals surface area contributed by atoms with Gasteiger partial charge in [-0.15, -0.1) is 0 Å². The van der Waals surface area contributed by atoms with Gasteiger partial charge in [0.15, 0.2) is 0 Å². The topological polar surface area (TPSA) is 83.8 Å². The Kier molecular flexibility index (Phi) is 1.75. The van der Waals surface area contributed by atoms with Gasteiger partial charge in [0.2, 0.25) is 11.2 Å². The number of furan rings is 1. The molecule has 5 heteroatoms. The maximum atomic E-state index is 11.8. The number of phenolic OH excluding ortho intramolecular Hbond substituents is 1. The second kappa shape index (κ2) is 3.04. The summed E-state index contributed by atoms with van der Waals surface area (Å²) in [6.45, 7) is 1.47. The molecule has 0 aliphatic rings.